The monoisotopic (exact) mass is 657 g/mol. The van der Waals surface area contributed by atoms with Crippen LogP contribution in [-0.4, -0.2) is 23.9 Å². The quantitative estimate of drug-likeness (QED) is 0.178. The predicted octanol–water partition coefficient (Wildman–Crippen LogP) is 8.80. The number of thioether (sulfide) groups is 1. The van der Waals surface area contributed by atoms with Crippen LogP contribution in [0.25, 0.3) is 6.08 Å². The van der Waals surface area contributed by atoms with Crippen molar-refractivity contribution in [3.05, 3.63) is 84.1 Å². The van der Waals surface area contributed by atoms with Gasteiger partial charge in [0.25, 0.3) is 5.91 Å². The first kappa shape index (κ1) is 28.1. The topological polar surface area (TPSA) is 48.0 Å². The van der Waals surface area contributed by atoms with Gasteiger partial charge in [0.2, 0.25) is 0 Å². The van der Waals surface area contributed by atoms with Crippen LogP contribution >= 0.6 is 74.7 Å². The van der Waals surface area contributed by atoms with Crippen LogP contribution < -0.4 is 19.1 Å². The second-order valence-electron chi connectivity index (χ2n) is 7.64. The van der Waals surface area contributed by atoms with Crippen LogP contribution in [0.4, 0.5) is 5.69 Å². The lowest BCUT2D eigenvalue weighted by atomic mass is 10.1. The lowest BCUT2D eigenvalue weighted by Crippen LogP contribution is -2.27. The van der Waals surface area contributed by atoms with E-state index in [4.69, 9.17) is 61.2 Å². The first-order valence-electron chi connectivity index (χ1n) is 10.9. The fourth-order valence-electron chi connectivity index (χ4n) is 3.50. The Morgan fingerprint density at radius 3 is 2.46 bits per heavy atom. The molecule has 0 radical (unpaired) electrons. The van der Waals surface area contributed by atoms with Gasteiger partial charge < -0.3 is 14.2 Å². The average molecular weight is 660 g/mol. The third kappa shape index (κ3) is 6.38. The Hall–Kier alpha value is -1.94. The number of carbonyl (C=O) groups is 1. The molecule has 0 aliphatic carbocycles. The number of hydrogen-bond donors (Lipinski definition) is 0. The van der Waals surface area contributed by atoms with E-state index in [9.17, 15) is 4.79 Å². The molecular weight excluding hydrogens is 641 g/mol. The number of thiocarbonyl (C=S) groups is 1. The number of hydrogen-bond acceptors (Lipinski definition) is 6. The molecule has 1 aliphatic heterocycles. The minimum atomic E-state index is -0.245. The van der Waals surface area contributed by atoms with Crippen molar-refractivity contribution in [2.75, 3.05) is 18.6 Å². The number of nitrogens with zero attached hydrogens (tertiary/aromatic N) is 1. The van der Waals surface area contributed by atoms with Crippen LogP contribution in [-0.2, 0) is 11.4 Å². The number of rotatable bonds is 8. The maximum Gasteiger partial charge on any atom is 0.270 e. The third-order valence-electron chi connectivity index (χ3n) is 5.18. The molecule has 3 aromatic carbocycles. The summed E-state index contributed by atoms with van der Waals surface area (Å²) in [7, 11) is 1.53. The summed E-state index contributed by atoms with van der Waals surface area (Å²) in [5.74, 6) is 1.33. The van der Waals surface area contributed by atoms with Gasteiger partial charge in [-0.25, -0.2) is 0 Å². The van der Waals surface area contributed by atoms with Crippen molar-refractivity contribution in [1.82, 2.24) is 0 Å². The number of methoxy groups -OCH3 is 1. The molecule has 11 heteroatoms. The molecule has 1 heterocycles. The summed E-state index contributed by atoms with van der Waals surface area (Å²) < 4.78 is 18.2. The molecular formula is C26H19BrCl3NO4S2. The minimum absolute atomic E-state index is 0.245. The van der Waals surface area contributed by atoms with Gasteiger partial charge >= 0.3 is 0 Å². The van der Waals surface area contributed by atoms with Crippen LogP contribution in [0.3, 0.4) is 0 Å². The maximum absolute atomic E-state index is 13.2. The van der Waals surface area contributed by atoms with Crippen LogP contribution in [0, 0.1) is 0 Å². The molecule has 37 heavy (non-hydrogen) atoms. The molecule has 5 nitrogen and oxygen atoms in total. The fourth-order valence-corrected chi connectivity index (χ4v) is 5.94. The van der Waals surface area contributed by atoms with Crippen molar-refractivity contribution in [2.45, 2.75) is 13.5 Å². The van der Waals surface area contributed by atoms with E-state index >= 15 is 0 Å². The van der Waals surface area contributed by atoms with Crippen LogP contribution in [0.15, 0.2) is 57.9 Å². The number of benzene rings is 3. The van der Waals surface area contributed by atoms with E-state index in [1.54, 1.807) is 36.4 Å². The van der Waals surface area contributed by atoms with Gasteiger partial charge in [0.05, 0.1) is 43.8 Å². The highest BCUT2D eigenvalue weighted by molar-refractivity contribution is 9.10. The van der Waals surface area contributed by atoms with Gasteiger partial charge in [0.1, 0.15) is 12.4 Å². The summed E-state index contributed by atoms with van der Waals surface area (Å²) in [4.78, 5) is 15.2. The maximum atomic E-state index is 13.2. The van der Waals surface area contributed by atoms with E-state index in [1.807, 2.05) is 25.1 Å². The predicted molar refractivity (Wildman–Crippen MR) is 160 cm³/mol. The zero-order valence-electron chi connectivity index (χ0n) is 19.5. The van der Waals surface area contributed by atoms with Gasteiger partial charge in [-0.3, -0.25) is 9.69 Å². The van der Waals surface area contributed by atoms with Crippen molar-refractivity contribution >= 4 is 96.7 Å². The highest BCUT2D eigenvalue weighted by atomic mass is 79.9. The second kappa shape index (κ2) is 12.3. The van der Waals surface area contributed by atoms with Crippen LogP contribution in [0.1, 0.15) is 18.1 Å². The summed E-state index contributed by atoms with van der Waals surface area (Å²) in [6.07, 6.45) is 1.76. The highest BCUT2D eigenvalue weighted by Gasteiger charge is 2.33. The lowest BCUT2D eigenvalue weighted by molar-refractivity contribution is -0.113. The zero-order chi connectivity index (χ0) is 26.7. The highest BCUT2D eigenvalue weighted by Crippen LogP contribution is 2.41. The van der Waals surface area contributed by atoms with Gasteiger partial charge in [-0.1, -0.05) is 64.8 Å². The minimum Gasteiger partial charge on any atom is -0.495 e. The van der Waals surface area contributed by atoms with Gasteiger partial charge in [-0.15, -0.1) is 0 Å². The Kier molecular flexibility index (Phi) is 9.32. The molecule has 0 saturated carbocycles. The number of carbonyl (C=O) groups excluding carboxylic acids is 1. The molecule has 0 atom stereocenters. The molecule has 1 saturated heterocycles. The van der Waals surface area contributed by atoms with Crippen molar-refractivity contribution in [3.63, 3.8) is 0 Å². The summed E-state index contributed by atoms with van der Waals surface area (Å²) in [6, 6.07) is 14.1. The number of anilines is 1. The van der Waals surface area contributed by atoms with Gasteiger partial charge in [0.15, 0.2) is 15.8 Å². The summed E-state index contributed by atoms with van der Waals surface area (Å²) in [6.45, 7) is 2.58. The SMILES string of the molecule is CCOc1cc(/C=C2/SC(=S)N(c3ccc(OC)c(Cl)c3)C2=O)cc(Br)c1OCc1ccc(Cl)c(Cl)c1. The Morgan fingerprint density at radius 1 is 1.00 bits per heavy atom. The Labute approximate surface area is 247 Å². The molecule has 4 rings (SSSR count). The standard InChI is InChI=1S/C26H19BrCl3NO4S2/c1-3-34-22-10-15(8-17(27)24(22)35-13-14-4-6-18(28)19(29)9-14)11-23-25(32)31(26(36)37-23)16-5-7-21(33-2)20(30)12-16/h4-12H,3,13H2,1-2H3/b23-11+. The van der Waals surface area contributed by atoms with Gasteiger partial charge in [-0.05, 0) is 82.5 Å². The first-order valence-corrected chi connectivity index (χ1v) is 14.0. The van der Waals surface area contributed by atoms with E-state index in [-0.39, 0.29) is 12.5 Å². The molecule has 0 unspecified atom stereocenters. The molecule has 0 aromatic heterocycles. The summed E-state index contributed by atoms with van der Waals surface area (Å²) >= 11 is 28.7. The van der Waals surface area contributed by atoms with Crippen molar-refractivity contribution in [2.24, 2.45) is 0 Å². The number of amides is 1. The van der Waals surface area contributed by atoms with Crippen molar-refractivity contribution in [1.29, 1.82) is 0 Å². The number of halogens is 4. The van der Waals surface area contributed by atoms with Gasteiger partial charge in [0, 0.05) is 0 Å². The van der Waals surface area contributed by atoms with Crippen molar-refractivity contribution < 1.29 is 19.0 Å². The van der Waals surface area contributed by atoms with Crippen molar-refractivity contribution in [3.8, 4) is 17.2 Å². The molecule has 0 spiro atoms. The Morgan fingerprint density at radius 2 is 1.78 bits per heavy atom. The molecule has 3 aromatic rings. The Bertz CT molecular complexity index is 1420. The fraction of sp³-hybridized carbons (Fsp3) is 0.154. The second-order valence-corrected chi connectivity index (χ2v) is 11.4. The van der Waals surface area contributed by atoms with Crippen LogP contribution in [0.2, 0.25) is 15.1 Å². The molecule has 1 amide bonds. The van der Waals surface area contributed by atoms with E-state index in [0.29, 0.717) is 58.3 Å². The largest absolute Gasteiger partial charge is 0.495 e. The van der Waals surface area contributed by atoms with Crippen LogP contribution in [0.5, 0.6) is 17.2 Å². The molecule has 0 N–H and O–H groups in total. The zero-order valence-corrected chi connectivity index (χ0v) is 25.0. The van der Waals surface area contributed by atoms with E-state index in [2.05, 4.69) is 15.9 Å². The van der Waals surface area contributed by atoms with E-state index in [0.717, 1.165) is 11.1 Å². The lowest BCUT2D eigenvalue weighted by Gasteiger charge is -2.16. The number of ether oxygens (including phenoxy) is 3. The Balaban J connectivity index is 1.59. The smallest absolute Gasteiger partial charge is 0.270 e. The normalized spacial score (nSPS) is 14.4. The summed E-state index contributed by atoms with van der Waals surface area (Å²) in [5.41, 5.74) is 2.17. The molecule has 0 bridgehead atoms. The molecule has 192 valence electrons. The van der Waals surface area contributed by atoms with E-state index in [1.165, 1.54) is 23.8 Å². The third-order valence-corrected chi connectivity index (χ3v) is 8.11. The molecule has 1 aliphatic rings. The van der Waals surface area contributed by atoms with E-state index < -0.39 is 0 Å². The first-order chi connectivity index (χ1) is 17.7. The molecule has 1 fully saturated rings. The average Bonchev–Trinajstić information content (AvgIpc) is 3.13. The summed E-state index contributed by atoms with van der Waals surface area (Å²) in [5, 5.41) is 1.32. The van der Waals surface area contributed by atoms with Gasteiger partial charge in [-0.2, -0.15) is 0 Å².